The molecule has 3 heteroatoms. The first-order valence-electron chi connectivity index (χ1n) is 2.36. The van der Waals surface area contributed by atoms with Crippen molar-refractivity contribution in [3.63, 3.8) is 0 Å². The van der Waals surface area contributed by atoms with Gasteiger partial charge in [-0.05, 0) is 22.0 Å². The van der Waals surface area contributed by atoms with Gasteiger partial charge in [0, 0.05) is 19.3 Å². The molecule has 9 heavy (non-hydrogen) atoms. The van der Waals surface area contributed by atoms with Crippen molar-refractivity contribution in [2.24, 2.45) is 7.05 Å². The smallest absolute Gasteiger partial charge is 0.302 e. The number of nitrogens with zero attached hydrogens (tertiary/aromatic N) is 1. The van der Waals surface area contributed by atoms with Crippen molar-refractivity contribution < 1.29 is 0 Å². The van der Waals surface area contributed by atoms with E-state index in [0.717, 1.165) is 4.47 Å². The molecule has 0 spiro atoms. The maximum absolute atomic E-state index is 10.6. The van der Waals surface area contributed by atoms with Crippen molar-refractivity contribution in [3.05, 3.63) is 33.2 Å². The van der Waals surface area contributed by atoms with Crippen LogP contribution in [0, 0.1) is 12.1 Å². The maximum atomic E-state index is 10.6. The quantitative estimate of drug-likeness (QED) is 0.585. The Morgan fingerprint density at radius 1 is 1.67 bits per heavy atom. The van der Waals surface area contributed by atoms with Gasteiger partial charge in [-0.15, -0.1) is 0 Å². The lowest BCUT2D eigenvalue weighted by Gasteiger charge is -1.89. The van der Waals surface area contributed by atoms with Crippen LogP contribution in [-0.4, -0.2) is 4.57 Å². The van der Waals surface area contributed by atoms with Gasteiger partial charge in [0.05, 0.1) is 4.47 Å². The molecule has 0 N–H and O–H groups in total. The predicted molar refractivity (Wildman–Crippen MR) is 37.1 cm³/mol. The van der Waals surface area contributed by atoms with Gasteiger partial charge in [-0.2, -0.15) is 0 Å². The van der Waals surface area contributed by atoms with E-state index in [9.17, 15) is 4.79 Å². The Bertz CT molecular complexity index is 266. The summed E-state index contributed by atoms with van der Waals surface area (Å²) in [7, 11) is 1.66. The van der Waals surface area contributed by atoms with Crippen molar-refractivity contribution >= 4 is 15.9 Å². The molecule has 2 nitrogen and oxygen atoms in total. The van der Waals surface area contributed by atoms with E-state index in [0.29, 0.717) is 0 Å². The second kappa shape index (κ2) is 2.24. The molecule has 0 saturated heterocycles. The molecule has 1 aromatic heterocycles. The fraction of sp³-hybridized carbons (Fsp3) is 0.167. The molecule has 0 amide bonds. The summed E-state index contributed by atoms with van der Waals surface area (Å²) in [6, 6.07) is 5.00. The minimum absolute atomic E-state index is 0.168. The van der Waals surface area contributed by atoms with E-state index in [2.05, 4.69) is 28.1 Å². The monoisotopic (exact) mass is 185 g/mol. The molecular weight excluding hydrogens is 182 g/mol. The second-order valence-electron chi connectivity index (χ2n) is 1.64. The zero-order valence-corrected chi connectivity index (χ0v) is 6.40. The van der Waals surface area contributed by atoms with Gasteiger partial charge in [-0.3, -0.25) is 4.79 Å². The van der Waals surface area contributed by atoms with Crippen LogP contribution in [0.4, 0.5) is 0 Å². The van der Waals surface area contributed by atoms with Gasteiger partial charge in [0.1, 0.15) is 0 Å². The SMILES string of the molecule is Cn1cc(Br)c#cc1=O. The molecule has 0 atom stereocenters. The largest absolute Gasteiger partial charge is 0.310 e. The number of aryl methyl sites for hydroxylation is 1. The minimum Gasteiger partial charge on any atom is -0.310 e. The lowest BCUT2D eigenvalue weighted by molar-refractivity contribution is 0.858. The average molecular weight is 186 g/mol. The van der Waals surface area contributed by atoms with Crippen molar-refractivity contribution in [2.45, 2.75) is 0 Å². The topological polar surface area (TPSA) is 22.0 Å². The van der Waals surface area contributed by atoms with Crippen LogP contribution in [0.2, 0.25) is 0 Å². The second-order valence-corrected chi connectivity index (χ2v) is 2.50. The molecule has 0 bridgehead atoms. The molecular formula is C6H4BrNO. The Balaban J connectivity index is 3.34. The standard InChI is InChI=1S/C6H4BrNO/c1-8-4-5(7)2-3-6(8)9/h4H,1H3. The number of halogens is 1. The number of hydrogen-bond donors (Lipinski definition) is 0. The summed E-state index contributed by atoms with van der Waals surface area (Å²) in [6.07, 6.45) is 1.64. The summed E-state index contributed by atoms with van der Waals surface area (Å²) in [4.78, 5) is 10.6. The Morgan fingerprint density at radius 2 is 2.33 bits per heavy atom. The molecule has 0 radical (unpaired) electrons. The highest BCUT2D eigenvalue weighted by Gasteiger charge is 1.85. The first-order valence-corrected chi connectivity index (χ1v) is 3.15. The maximum Gasteiger partial charge on any atom is 0.302 e. The first-order chi connectivity index (χ1) is 4.20. The molecule has 0 aliphatic rings. The molecule has 46 valence electrons. The third kappa shape index (κ3) is 1.33. The van der Waals surface area contributed by atoms with Gasteiger partial charge in [0.15, 0.2) is 0 Å². The molecule has 0 aromatic carbocycles. The molecule has 1 aromatic rings. The van der Waals surface area contributed by atoms with Crippen molar-refractivity contribution in [2.75, 3.05) is 0 Å². The predicted octanol–water partition coefficient (Wildman–Crippen LogP) is 0.748. The Labute approximate surface area is 61.3 Å². The summed E-state index contributed by atoms with van der Waals surface area (Å²) in [6.45, 7) is 0. The zero-order valence-electron chi connectivity index (χ0n) is 4.81. The molecule has 0 saturated carbocycles. The van der Waals surface area contributed by atoms with E-state index in [-0.39, 0.29) is 5.56 Å². The van der Waals surface area contributed by atoms with Gasteiger partial charge in [0.25, 0.3) is 0 Å². The fourth-order valence-electron chi connectivity index (χ4n) is 0.462. The van der Waals surface area contributed by atoms with Crippen molar-refractivity contribution in [1.82, 2.24) is 4.57 Å². The van der Waals surface area contributed by atoms with E-state index in [1.165, 1.54) is 4.57 Å². The third-order valence-corrected chi connectivity index (χ3v) is 1.32. The molecule has 0 aliphatic carbocycles. The van der Waals surface area contributed by atoms with Crippen LogP contribution in [0.3, 0.4) is 0 Å². The molecule has 0 unspecified atom stereocenters. The molecule has 1 rings (SSSR count). The van der Waals surface area contributed by atoms with Crippen LogP contribution < -0.4 is 5.56 Å². The highest BCUT2D eigenvalue weighted by molar-refractivity contribution is 9.10. The van der Waals surface area contributed by atoms with Crippen LogP contribution >= 0.6 is 15.9 Å². The van der Waals surface area contributed by atoms with Crippen LogP contribution in [0.5, 0.6) is 0 Å². The van der Waals surface area contributed by atoms with E-state index in [4.69, 9.17) is 0 Å². The summed E-state index contributed by atoms with van der Waals surface area (Å²) in [5.74, 6) is 0. The zero-order chi connectivity index (χ0) is 6.85. The number of aromatic nitrogens is 1. The van der Waals surface area contributed by atoms with Crippen molar-refractivity contribution in [3.8, 4) is 0 Å². The fourth-order valence-corrected chi connectivity index (χ4v) is 0.869. The minimum atomic E-state index is -0.168. The van der Waals surface area contributed by atoms with Crippen molar-refractivity contribution in [1.29, 1.82) is 0 Å². The lowest BCUT2D eigenvalue weighted by atomic mass is 10.6. The lowest BCUT2D eigenvalue weighted by Crippen LogP contribution is -2.12. The average Bonchev–Trinajstić information content (AvgIpc) is 1.80. The van der Waals surface area contributed by atoms with Crippen LogP contribution in [0.25, 0.3) is 0 Å². The van der Waals surface area contributed by atoms with Gasteiger partial charge < -0.3 is 4.57 Å². The Kier molecular flexibility index (Phi) is 1.58. The van der Waals surface area contributed by atoms with Gasteiger partial charge >= 0.3 is 5.56 Å². The highest BCUT2D eigenvalue weighted by Crippen LogP contribution is 1.99. The van der Waals surface area contributed by atoms with Crippen LogP contribution in [-0.2, 0) is 7.05 Å². The van der Waals surface area contributed by atoms with E-state index in [1.807, 2.05) is 0 Å². The summed E-state index contributed by atoms with van der Waals surface area (Å²) in [5.41, 5.74) is -0.168. The normalized spacial score (nSPS) is 8.67. The number of hydrogen-bond acceptors (Lipinski definition) is 1. The van der Waals surface area contributed by atoms with Crippen LogP contribution in [0.1, 0.15) is 0 Å². The van der Waals surface area contributed by atoms with E-state index < -0.39 is 0 Å². The summed E-state index contributed by atoms with van der Waals surface area (Å²) in [5, 5.41) is 0. The summed E-state index contributed by atoms with van der Waals surface area (Å²) >= 11 is 3.15. The van der Waals surface area contributed by atoms with E-state index >= 15 is 0 Å². The molecule has 1 heterocycles. The van der Waals surface area contributed by atoms with Gasteiger partial charge in [0.2, 0.25) is 0 Å². The highest BCUT2D eigenvalue weighted by atomic mass is 79.9. The number of rotatable bonds is 0. The Hall–Kier alpha value is -0.750. The van der Waals surface area contributed by atoms with E-state index in [1.54, 1.807) is 13.2 Å². The molecule has 0 fully saturated rings. The van der Waals surface area contributed by atoms with Crippen LogP contribution in [0.15, 0.2) is 15.5 Å². The Morgan fingerprint density at radius 3 is 2.78 bits per heavy atom. The third-order valence-electron chi connectivity index (χ3n) is 0.916. The van der Waals surface area contributed by atoms with Gasteiger partial charge in [-0.25, -0.2) is 0 Å². The van der Waals surface area contributed by atoms with Gasteiger partial charge in [-0.1, -0.05) is 0 Å². The molecule has 0 aliphatic heterocycles. The summed E-state index contributed by atoms with van der Waals surface area (Å²) < 4.78 is 2.17. The first kappa shape index (κ1) is 6.37.